The summed E-state index contributed by atoms with van der Waals surface area (Å²) in [5.74, 6) is 0.974. The van der Waals surface area contributed by atoms with Crippen molar-refractivity contribution in [3.63, 3.8) is 0 Å². The minimum atomic E-state index is -3.14. The van der Waals surface area contributed by atoms with Gasteiger partial charge in [0.25, 0.3) is 0 Å². The summed E-state index contributed by atoms with van der Waals surface area (Å²) in [7, 11) is -3.14. The summed E-state index contributed by atoms with van der Waals surface area (Å²) in [6.07, 6.45) is 6.97. The zero-order valence-corrected chi connectivity index (χ0v) is 15.0. The van der Waals surface area contributed by atoms with Crippen molar-refractivity contribution in [3.8, 4) is 0 Å². The van der Waals surface area contributed by atoms with Gasteiger partial charge in [0.05, 0.1) is 11.8 Å². The number of piperidine rings is 1. The molecular weight excluding hydrogens is 324 g/mol. The Balaban J connectivity index is 1.88. The molecule has 0 bridgehead atoms. The average Bonchev–Trinajstić information content (AvgIpc) is 2.54. The molecule has 1 fully saturated rings. The second kappa shape index (κ2) is 7.03. The molecule has 1 aliphatic rings. The van der Waals surface area contributed by atoms with Gasteiger partial charge in [0.15, 0.2) is 0 Å². The molecule has 0 spiro atoms. The largest absolute Gasteiger partial charge is 0.353 e. The summed E-state index contributed by atoms with van der Waals surface area (Å²) in [5.41, 5.74) is 2.13. The molecule has 0 amide bonds. The van der Waals surface area contributed by atoms with Gasteiger partial charge in [-0.15, -0.1) is 0 Å². The van der Waals surface area contributed by atoms with Crippen LogP contribution in [0.15, 0.2) is 24.5 Å². The minimum absolute atomic E-state index is 0.297. The van der Waals surface area contributed by atoms with Crippen LogP contribution in [0, 0.1) is 6.92 Å². The van der Waals surface area contributed by atoms with Gasteiger partial charge in [0.1, 0.15) is 12.1 Å². The maximum absolute atomic E-state index is 11.3. The minimum Gasteiger partial charge on any atom is -0.353 e. The lowest BCUT2D eigenvalue weighted by Crippen LogP contribution is -2.42. The van der Waals surface area contributed by atoms with E-state index in [1.165, 1.54) is 18.2 Å². The van der Waals surface area contributed by atoms with Crippen LogP contribution in [0.4, 0.5) is 5.82 Å². The van der Waals surface area contributed by atoms with Crippen LogP contribution >= 0.6 is 0 Å². The molecule has 1 aliphatic heterocycles. The van der Waals surface area contributed by atoms with E-state index in [0.29, 0.717) is 12.6 Å². The number of fused-ring (bicyclic) bond motifs is 1. The number of sulfonamides is 1. The van der Waals surface area contributed by atoms with Crippen molar-refractivity contribution in [1.82, 2.24) is 14.7 Å². The molecule has 2 aromatic rings. The highest BCUT2D eigenvalue weighted by molar-refractivity contribution is 7.88. The molecule has 1 aromatic heterocycles. The Bertz CT molecular complexity index is 817. The van der Waals surface area contributed by atoms with E-state index in [-0.39, 0.29) is 0 Å². The Morgan fingerprint density at radius 2 is 2.12 bits per heavy atom. The number of rotatable bonds is 5. The first-order valence-electron chi connectivity index (χ1n) is 8.37. The van der Waals surface area contributed by atoms with Crippen LogP contribution in [0.25, 0.3) is 10.9 Å². The van der Waals surface area contributed by atoms with Crippen LogP contribution in [0.1, 0.15) is 31.2 Å². The Labute approximate surface area is 143 Å². The quantitative estimate of drug-likeness (QED) is 0.897. The second-order valence-electron chi connectivity index (χ2n) is 6.46. The summed E-state index contributed by atoms with van der Waals surface area (Å²) >= 11 is 0. The monoisotopic (exact) mass is 348 g/mol. The number of aryl methyl sites for hydroxylation is 1. The summed E-state index contributed by atoms with van der Waals surface area (Å²) in [4.78, 5) is 11.3. The average molecular weight is 348 g/mol. The van der Waals surface area contributed by atoms with E-state index in [4.69, 9.17) is 0 Å². The van der Waals surface area contributed by atoms with Crippen LogP contribution in [-0.2, 0) is 10.0 Å². The van der Waals surface area contributed by atoms with E-state index in [2.05, 4.69) is 32.6 Å². The Hall–Kier alpha value is -1.73. The smallest absolute Gasteiger partial charge is 0.208 e. The molecule has 1 atom stereocenters. The summed E-state index contributed by atoms with van der Waals surface area (Å²) in [6.45, 7) is 3.49. The van der Waals surface area contributed by atoms with Crippen molar-refractivity contribution in [2.24, 2.45) is 0 Å². The van der Waals surface area contributed by atoms with Gasteiger partial charge in [0.2, 0.25) is 10.0 Å². The van der Waals surface area contributed by atoms with Gasteiger partial charge < -0.3 is 4.90 Å². The van der Waals surface area contributed by atoms with Crippen molar-refractivity contribution in [3.05, 3.63) is 30.1 Å². The third-order valence-corrected chi connectivity index (χ3v) is 5.32. The van der Waals surface area contributed by atoms with Gasteiger partial charge in [0, 0.05) is 24.5 Å². The zero-order chi connectivity index (χ0) is 17.2. The number of anilines is 1. The van der Waals surface area contributed by atoms with Gasteiger partial charge in [-0.3, -0.25) is 0 Å². The van der Waals surface area contributed by atoms with E-state index >= 15 is 0 Å². The van der Waals surface area contributed by atoms with E-state index in [9.17, 15) is 8.42 Å². The molecule has 7 heteroatoms. The predicted molar refractivity (Wildman–Crippen MR) is 96.7 cm³/mol. The maximum atomic E-state index is 11.3. The molecular formula is C17H24N4O2S. The molecule has 0 radical (unpaired) electrons. The van der Waals surface area contributed by atoms with Gasteiger partial charge in [-0.1, -0.05) is 12.1 Å². The van der Waals surface area contributed by atoms with Crippen molar-refractivity contribution in [2.75, 3.05) is 24.2 Å². The van der Waals surface area contributed by atoms with Crippen molar-refractivity contribution in [2.45, 2.75) is 38.6 Å². The lowest BCUT2D eigenvalue weighted by molar-refractivity contribution is 0.435. The molecule has 0 saturated carbocycles. The van der Waals surface area contributed by atoms with Crippen LogP contribution in [-0.4, -0.2) is 43.8 Å². The van der Waals surface area contributed by atoms with E-state index in [0.717, 1.165) is 42.5 Å². The first kappa shape index (κ1) is 17.1. The van der Waals surface area contributed by atoms with E-state index in [1.807, 2.05) is 12.1 Å². The molecule has 1 saturated heterocycles. The summed E-state index contributed by atoms with van der Waals surface area (Å²) in [5, 5.41) is 1.10. The van der Waals surface area contributed by atoms with E-state index < -0.39 is 10.0 Å². The normalized spacial score (nSPS) is 18.9. The maximum Gasteiger partial charge on any atom is 0.208 e. The van der Waals surface area contributed by atoms with Crippen molar-refractivity contribution >= 4 is 26.7 Å². The van der Waals surface area contributed by atoms with Gasteiger partial charge in [-0.05, 0) is 44.2 Å². The first-order chi connectivity index (χ1) is 11.5. The highest BCUT2D eigenvalue weighted by atomic mass is 32.2. The number of hydrogen-bond acceptors (Lipinski definition) is 5. The molecule has 6 nitrogen and oxygen atoms in total. The van der Waals surface area contributed by atoms with Crippen molar-refractivity contribution in [1.29, 1.82) is 0 Å². The topological polar surface area (TPSA) is 75.2 Å². The lowest BCUT2D eigenvalue weighted by atomic mass is 9.98. The molecule has 2 heterocycles. The van der Waals surface area contributed by atoms with E-state index in [1.54, 1.807) is 6.33 Å². The molecule has 130 valence electrons. The van der Waals surface area contributed by atoms with Crippen LogP contribution in [0.3, 0.4) is 0 Å². The highest BCUT2D eigenvalue weighted by Gasteiger charge is 2.25. The zero-order valence-electron chi connectivity index (χ0n) is 14.2. The predicted octanol–water partition coefficient (Wildman–Crippen LogP) is 2.24. The number of nitrogens with one attached hydrogen (secondary N) is 1. The lowest BCUT2D eigenvalue weighted by Gasteiger charge is -2.37. The molecule has 1 aromatic carbocycles. The van der Waals surface area contributed by atoms with Crippen LogP contribution in [0.2, 0.25) is 0 Å². The first-order valence-corrected chi connectivity index (χ1v) is 10.3. The Morgan fingerprint density at radius 3 is 2.92 bits per heavy atom. The van der Waals surface area contributed by atoms with Crippen LogP contribution in [0.5, 0.6) is 0 Å². The standard InChI is InChI=1S/C17H24N4O2S/c1-13-6-5-8-15-16(13)17(19-12-18-15)21-11-4-3-7-14(21)9-10-20-24(2,22)23/h5-6,8,12,14,20H,3-4,7,9-11H2,1-2H3. The van der Waals surface area contributed by atoms with Crippen molar-refractivity contribution < 1.29 is 8.42 Å². The Kier molecular flexibility index (Phi) is 5.01. The Morgan fingerprint density at radius 1 is 1.29 bits per heavy atom. The number of aromatic nitrogens is 2. The van der Waals surface area contributed by atoms with Gasteiger partial charge in [-0.2, -0.15) is 0 Å². The van der Waals surface area contributed by atoms with Gasteiger partial charge >= 0.3 is 0 Å². The molecule has 0 aliphatic carbocycles. The summed E-state index contributed by atoms with van der Waals surface area (Å²) in [6, 6.07) is 6.40. The third kappa shape index (κ3) is 3.84. The SMILES string of the molecule is Cc1cccc2ncnc(N3CCCCC3CCNS(C)(=O)=O)c12. The number of hydrogen-bond donors (Lipinski definition) is 1. The molecule has 3 rings (SSSR count). The third-order valence-electron chi connectivity index (χ3n) is 4.59. The molecule has 24 heavy (non-hydrogen) atoms. The van der Waals surface area contributed by atoms with Gasteiger partial charge in [-0.25, -0.2) is 23.1 Å². The molecule has 1 N–H and O–H groups in total. The van der Waals surface area contributed by atoms with Crippen LogP contribution < -0.4 is 9.62 Å². The highest BCUT2D eigenvalue weighted by Crippen LogP contribution is 2.31. The fraction of sp³-hybridized carbons (Fsp3) is 0.529. The fourth-order valence-electron chi connectivity index (χ4n) is 3.47. The molecule has 1 unspecified atom stereocenters. The fourth-order valence-corrected chi connectivity index (χ4v) is 3.96. The number of nitrogens with zero attached hydrogens (tertiary/aromatic N) is 3. The summed E-state index contributed by atoms with van der Waals surface area (Å²) < 4.78 is 25.2. The number of benzene rings is 1. The second-order valence-corrected chi connectivity index (χ2v) is 8.30.